The third-order valence-electron chi connectivity index (χ3n) is 14.9. The van der Waals surface area contributed by atoms with Crippen LogP contribution in [-0.2, 0) is 0 Å². The Balaban J connectivity index is 1.18. The van der Waals surface area contributed by atoms with Crippen molar-refractivity contribution in [3.8, 4) is 76.5 Å². The predicted molar refractivity (Wildman–Crippen MR) is 301 cm³/mol. The summed E-state index contributed by atoms with van der Waals surface area (Å²) in [7, 11) is 1.35. The first kappa shape index (κ1) is 48.7. The molecule has 4 nitrogen and oxygen atoms in total. The van der Waals surface area contributed by atoms with Crippen LogP contribution < -0.4 is 19.8 Å². The van der Waals surface area contributed by atoms with E-state index in [2.05, 4.69) is 126 Å². The van der Waals surface area contributed by atoms with Gasteiger partial charge in [-0.3, -0.25) is 0 Å². The zero-order valence-corrected chi connectivity index (χ0v) is 45.0. The zero-order chi connectivity index (χ0) is 48.1. The number of fused-ring (bicyclic) bond motifs is 4. The van der Waals surface area contributed by atoms with E-state index in [1.807, 2.05) is 46.9 Å². The van der Waals surface area contributed by atoms with E-state index >= 15 is 0 Å². The Kier molecular flexibility index (Phi) is 15.3. The van der Waals surface area contributed by atoms with Crippen LogP contribution in [0, 0.1) is 27.7 Å². The minimum Gasteiger partial charge on any atom is -0.497 e. The fraction of sp³-hybridized carbons (Fsp3) is 0.355. The standard InChI is InChI=1S/C62H70N2O2S2Si/c1-9-11-13-15-17-19-35-69(36-20-18-16-14-12-10-2)56-37-41(3)21-31-50(56)51-32-26-47(40-57(51)69)62-43(5)39-55(68-62)53-34-33-52(54-38-42(4)44(6)67-54)60-61(53)64-59(46-24-29-49(66-8)30-25-46)58(63-60)45-22-27-48(65-7)28-23-45/h21-34,37-40H,9-20,35-36H2,1-8H3. The Morgan fingerprint density at radius 3 is 1.41 bits per heavy atom. The topological polar surface area (TPSA) is 44.2 Å². The number of methoxy groups -OCH3 is 2. The van der Waals surface area contributed by atoms with Crippen molar-refractivity contribution in [3.63, 3.8) is 0 Å². The number of hydrogen-bond donors (Lipinski definition) is 0. The summed E-state index contributed by atoms with van der Waals surface area (Å²) >= 11 is 3.74. The lowest BCUT2D eigenvalue weighted by molar-refractivity contribution is 0.414. The molecule has 0 saturated heterocycles. The first-order valence-electron chi connectivity index (χ1n) is 25.7. The smallest absolute Gasteiger partial charge is 0.119 e. The SMILES string of the molecule is CCCCCCCC[Si]1(CCCCCCCC)c2cc(C)ccc2-c2ccc(-c3sc(-c4ccc(-c5cc(C)c(C)s5)c5nc(-c6ccc(OC)cc6)c(-c6ccc(OC)cc6)nc45)cc3C)cc21. The van der Waals surface area contributed by atoms with Gasteiger partial charge in [-0.05, 0) is 139 Å². The lowest BCUT2D eigenvalue weighted by Gasteiger charge is -2.31. The second-order valence-corrected chi connectivity index (χ2v) is 26.2. The van der Waals surface area contributed by atoms with Crippen molar-refractivity contribution >= 4 is 52.2 Å². The van der Waals surface area contributed by atoms with Crippen LogP contribution in [0.15, 0.2) is 109 Å². The molecule has 8 aromatic rings. The highest BCUT2D eigenvalue weighted by Gasteiger charge is 2.44. The monoisotopic (exact) mass is 966 g/mol. The van der Waals surface area contributed by atoms with Crippen LogP contribution >= 0.6 is 22.7 Å². The number of aryl methyl sites for hydroxylation is 4. The summed E-state index contributed by atoms with van der Waals surface area (Å²) in [6.07, 6.45) is 16.1. The second-order valence-electron chi connectivity index (χ2n) is 19.6. The largest absolute Gasteiger partial charge is 0.497 e. The average Bonchev–Trinajstić information content (AvgIpc) is 4.01. The summed E-state index contributed by atoms with van der Waals surface area (Å²) in [4.78, 5) is 16.5. The van der Waals surface area contributed by atoms with Gasteiger partial charge < -0.3 is 9.47 Å². The number of rotatable bonds is 21. The molecule has 7 heteroatoms. The van der Waals surface area contributed by atoms with Gasteiger partial charge >= 0.3 is 0 Å². The lowest BCUT2D eigenvalue weighted by Crippen LogP contribution is -2.55. The maximum atomic E-state index is 5.71. The molecule has 1 aliphatic rings. The molecule has 0 fully saturated rings. The highest BCUT2D eigenvalue weighted by atomic mass is 32.1. The summed E-state index contributed by atoms with van der Waals surface area (Å²) in [6.45, 7) is 13.7. The minimum absolute atomic E-state index is 0.807. The number of hydrogen-bond acceptors (Lipinski definition) is 6. The molecule has 69 heavy (non-hydrogen) atoms. The van der Waals surface area contributed by atoms with E-state index in [-0.39, 0.29) is 0 Å². The Labute approximate surface area is 421 Å². The van der Waals surface area contributed by atoms with Gasteiger partial charge in [-0.15, -0.1) is 22.7 Å². The van der Waals surface area contributed by atoms with Gasteiger partial charge in [0.15, 0.2) is 0 Å². The van der Waals surface area contributed by atoms with Crippen molar-refractivity contribution in [2.45, 2.75) is 131 Å². The summed E-state index contributed by atoms with van der Waals surface area (Å²) in [5, 5.41) is 3.40. The number of benzene rings is 5. The van der Waals surface area contributed by atoms with Gasteiger partial charge in [0.25, 0.3) is 0 Å². The van der Waals surface area contributed by atoms with E-state index in [4.69, 9.17) is 19.4 Å². The van der Waals surface area contributed by atoms with Crippen LogP contribution in [0.5, 0.6) is 11.5 Å². The highest BCUT2D eigenvalue weighted by Crippen LogP contribution is 2.46. The lowest BCUT2D eigenvalue weighted by atomic mass is 10.00. The molecule has 0 saturated carbocycles. The molecular weight excluding hydrogens is 897 g/mol. The Hall–Kier alpha value is -5.34. The van der Waals surface area contributed by atoms with Crippen molar-refractivity contribution in [2.24, 2.45) is 0 Å². The summed E-state index contributed by atoms with van der Waals surface area (Å²) in [6, 6.07) is 43.5. The van der Waals surface area contributed by atoms with E-state index < -0.39 is 8.07 Å². The molecule has 1 aliphatic heterocycles. The van der Waals surface area contributed by atoms with Gasteiger partial charge in [-0.2, -0.15) is 0 Å². The maximum absolute atomic E-state index is 5.71. The van der Waals surface area contributed by atoms with Crippen LogP contribution in [0.1, 0.15) is 112 Å². The van der Waals surface area contributed by atoms with Crippen molar-refractivity contribution in [1.29, 1.82) is 0 Å². The molecule has 0 amide bonds. The van der Waals surface area contributed by atoms with E-state index in [0.717, 1.165) is 56.2 Å². The van der Waals surface area contributed by atoms with Gasteiger partial charge in [0, 0.05) is 41.8 Å². The molecule has 0 radical (unpaired) electrons. The fourth-order valence-corrected chi connectivity index (χ4v) is 18.9. The number of ether oxygens (including phenoxy) is 2. The number of nitrogens with zero attached hydrogens (tertiary/aromatic N) is 2. The van der Waals surface area contributed by atoms with Crippen molar-refractivity contribution in [1.82, 2.24) is 9.97 Å². The average molecular weight is 967 g/mol. The molecule has 9 rings (SSSR count). The Morgan fingerprint density at radius 1 is 0.449 bits per heavy atom. The third-order valence-corrected chi connectivity index (χ3v) is 22.7. The summed E-state index contributed by atoms with van der Waals surface area (Å²) < 4.78 is 11.2. The number of thiophene rings is 2. The molecule has 4 heterocycles. The Bertz CT molecular complexity index is 3020. The van der Waals surface area contributed by atoms with Crippen LogP contribution in [0.25, 0.3) is 76.0 Å². The van der Waals surface area contributed by atoms with Crippen LogP contribution in [-0.4, -0.2) is 32.3 Å². The molecule has 0 unspecified atom stereocenters. The highest BCUT2D eigenvalue weighted by molar-refractivity contribution is 7.19. The predicted octanol–water partition coefficient (Wildman–Crippen LogP) is 17.6. The third kappa shape index (κ3) is 10.0. The van der Waals surface area contributed by atoms with Crippen molar-refractivity contribution in [3.05, 3.63) is 131 Å². The van der Waals surface area contributed by atoms with E-state index in [1.165, 1.54) is 142 Å². The summed E-state index contributed by atoms with van der Waals surface area (Å²) in [5.74, 6) is 1.61. The van der Waals surface area contributed by atoms with Gasteiger partial charge in [0.1, 0.15) is 19.6 Å². The van der Waals surface area contributed by atoms with Gasteiger partial charge in [-0.1, -0.05) is 145 Å². The zero-order valence-electron chi connectivity index (χ0n) is 42.3. The summed E-state index contributed by atoms with van der Waals surface area (Å²) in [5.41, 5.74) is 16.1. The van der Waals surface area contributed by atoms with Crippen molar-refractivity contribution < 1.29 is 9.47 Å². The minimum atomic E-state index is -2.07. The molecule has 0 N–H and O–H groups in total. The molecule has 356 valence electrons. The fourth-order valence-electron chi connectivity index (χ4n) is 10.9. The molecule has 3 aromatic heterocycles. The van der Waals surface area contributed by atoms with E-state index in [1.54, 1.807) is 24.6 Å². The number of unbranched alkanes of at least 4 members (excludes halogenated alkanes) is 10. The van der Waals surface area contributed by atoms with Crippen LogP contribution in [0.3, 0.4) is 0 Å². The number of aromatic nitrogens is 2. The molecular formula is C62H70N2O2S2Si. The molecule has 0 spiro atoms. The second kappa shape index (κ2) is 21.7. The van der Waals surface area contributed by atoms with Crippen LogP contribution in [0.4, 0.5) is 0 Å². The molecule has 0 aliphatic carbocycles. The molecule has 5 aromatic carbocycles. The quantitative estimate of drug-likeness (QED) is 0.0532. The van der Waals surface area contributed by atoms with E-state index in [9.17, 15) is 0 Å². The normalized spacial score (nSPS) is 12.7. The Morgan fingerprint density at radius 2 is 0.899 bits per heavy atom. The first-order chi connectivity index (χ1) is 33.7. The van der Waals surface area contributed by atoms with Crippen LogP contribution in [0.2, 0.25) is 12.1 Å². The van der Waals surface area contributed by atoms with Gasteiger partial charge in [0.2, 0.25) is 0 Å². The molecule has 0 atom stereocenters. The maximum Gasteiger partial charge on any atom is 0.119 e. The van der Waals surface area contributed by atoms with Gasteiger partial charge in [0.05, 0.1) is 36.6 Å². The van der Waals surface area contributed by atoms with E-state index in [0.29, 0.717) is 0 Å². The first-order valence-corrected chi connectivity index (χ1v) is 29.8. The van der Waals surface area contributed by atoms with Gasteiger partial charge in [-0.25, -0.2) is 9.97 Å². The molecule has 0 bridgehead atoms. The van der Waals surface area contributed by atoms with Crippen molar-refractivity contribution in [2.75, 3.05) is 14.2 Å².